The van der Waals surface area contributed by atoms with Crippen LogP contribution in [0, 0.1) is 29.4 Å². The highest BCUT2D eigenvalue weighted by atomic mass is 35.5. The second kappa shape index (κ2) is 14.8. The lowest BCUT2D eigenvalue weighted by molar-refractivity contribution is -0.144. The van der Waals surface area contributed by atoms with E-state index >= 15 is 8.78 Å². The summed E-state index contributed by atoms with van der Waals surface area (Å²) in [5.41, 5.74) is -4.59. The van der Waals surface area contributed by atoms with Gasteiger partial charge in [-0.25, -0.2) is 22.2 Å². The van der Waals surface area contributed by atoms with Crippen LogP contribution in [0.25, 0.3) is 22.0 Å². The molecule has 0 saturated heterocycles. The van der Waals surface area contributed by atoms with Crippen molar-refractivity contribution in [1.29, 1.82) is 0 Å². The maximum atomic E-state index is 15.6. The van der Waals surface area contributed by atoms with Crippen molar-refractivity contribution in [2.24, 2.45) is 13.0 Å². The van der Waals surface area contributed by atoms with Gasteiger partial charge >= 0.3 is 6.18 Å². The number of anilines is 1. The molecule has 312 valence electrons. The molecule has 0 aliphatic heterocycles. The number of alkyl halides is 5. The molecular formula is C38H33ClF7N7O5S. The zero-order valence-electron chi connectivity index (χ0n) is 31.1. The van der Waals surface area contributed by atoms with Gasteiger partial charge in [-0.05, 0) is 73.9 Å². The van der Waals surface area contributed by atoms with Gasteiger partial charge in [-0.3, -0.25) is 18.9 Å². The number of aliphatic hydroxyl groups excluding tert-OH is 1. The van der Waals surface area contributed by atoms with Crippen LogP contribution in [0.1, 0.15) is 65.6 Å². The Morgan fingerprint density at radius 2 is 1.76 bits per heavy atom. The Morgan fingerprint density at radius 3 is 2.37 bits per heavy atom. The number of fused-ring (bicyclic) bond motifs is 4. The van der Waals surface area contributed by atoms with Gasteiger partial charge in [-0.15, -0.1) is 0 Å². The summed E-state index contributed by atoms with van der Waals surface area (Å²) in [4.78, 5) is 18.6. The van der Waals surface area contributed by atoms with Gasteiger partial charge in [0, 0.05) is 35.7 Å². The van der Waals surface area contributed by atoms with Gasteiger partial charge in [0.05, 0.1) is 40.5 Å². The van der Waals surface area contributed by atoms with Crippen molar-refractivity contribution in [3.05, 3.63) is 93.0 Å². The molecule has 4 N–H and O–H groups in total. The predicted octanol–water partition coefficient (Wildman–Crippen LogP) is 5.95. The molecule has 1 saturated carbocycles. The van der Waals surface area contributed by atoms with Gasteiger partial charge in [0.2, 0.25) is 15.9 Å². The third kappa shape index (κ3) is 8.08. The fraction of sp³-hybridized carbons (Fsp3) is 0.368. The van der Waals surface area contributed by atoms with Crippen LogP contribution in [0.5, 0.6) is 0 Å². The van der Waals surface area contributed by atoms with Crippen molar-refractivity contribution < 1.29 is 54.2 Å². The molecule has 7 rings (SSSR count). The minimum absolute atomic E-state index is 0.0238. The van der Waals surface area contributed by atoms with Crippen molar-refractivity contribution in [2.45, 2.75) is 62.4 Å². The highest BCUT2D eigenvalue weighted by Gasteiger charge is 2.63. The van der Waals surface area contributed by atoms with E-state index in [1.807, 2.05) is 0 Å². The first-order valence-electron chi connectivity index (χ1n) is 17.8. The normalized spacial score (nSPS) is 18.6. The zero-order valence-corrected chi connectivity index (χ0v) is 32.7. The van der Waals surface area contributed by atoms with E-state index in [0.29, 0.717) is 10.7 Å². The Morgan fingerprint density at radius 1 is 1.08 bits per heavy atom. The van der Waals surface area contributed by atoms with E-state index in [9.17, 15) is 45.4 Å². The number of nitrogens with zero attached hydrogens (tertiary/aromatic N) is 5. The summed E-state index contributed by atoms with van der Waals surface area (Å²) in [6.07, 6.45) is -4.59. The van der Waals surface area contributed by atoms with E-state index in [1.54, 1.807) is 0 Å². The molecule has 5 aromatic rings. The minimum atomic E-state index is -5.11. The molecule has 3 aromatic heterocycles. The fourth-order valence-corrected chi connectivity index (χ4v) is 8.37. The quantitative estimate of drug-likeness (QED) is 0.0990. The average molecular weight is 868 g/mol. The topological polar surface area (TPSA) is 164 Å². The van der Waals surface area contributed by atoms with Gasteiger partial charge in [0.15, 0.2) is 11.5 Å². The number of carbonyl (C=O) groups is 1. The molecule has 21 heteroatoms. The maximum absolute atomic E-state index is 15.6. The number of hydrogen-bond donors (Lipinski definition) is 4. The number of nitrogens with one attached hydrogen (secondary N) is 2. The molecule has 1 fully saturated rings. The lowest BCUT2D eigenvalue weighted by Crippen LogP contribution is -2.36. The molecule has 4 atom stereocenters. The number of hydrogen-bond acceptors (Lipinski definition) is 8. The van der Waals surface area contributed by atoms with E-state index in [1.165, 1.54) is 42.9 Å². The van der Waals surface area contributed by atoms with Crippen LogP contribution in [-0.4, -0.2) is 67.5 Å². The average Bonchev–Trinajstić information content (AvgIpc) is 3.68. The molecule has 3 heterocycles. The second-order valence-corrected chi connectivity index (χ2v) is 16.9. The maximum Gasteiger partial charge on any atom is 0.435 e. The van der Waals surface area contributed by atoms with Gasteiger partial charge in [0.25, 0.3) is 5.92 Å². The van der Waals surface area contributed by atoms with Crippen LogP contribution < -0.4 is 10.0 Å². The van der Waals surface area contributed by atoms with E-state index < -0.39 is 99.7 Å². The SMILES string of the molecule is Cn1nc(NS(C)(=O)=O)c2c(Cl)ccc(-c3ccc(C#CC(C)(O)CO)nc3C(Cc3cc(F)cc(F)c3)NC(=O)Cn3nc(C(F)(F)F)c4c3C(F)(F)C3CCC43)c21. The monoisotopic (exact) mass is 867 g/mol. The Bertz CT molecular complexity index is 2690. The van der Waals surface area contributed by atoms with Crippen LogP contribution in [-0.2, 0) is 46.9 Å². The van der Waals surface area contributed by atoms with E-state index in [0.717, 1.165) is 18.4 Å². The third-order valence-electron chi connectivity index (χ3n) is 10.2. The van der Waals surface area contributed by atoms with Crippen molar-refractivity contribution in [3.8, 4) is 23.0 Å². The van der Waals surface area contributed by atoms with E-state index in [4.69, 9.17) is 11.6 Å². The molecular weight excluding hydrogens is 835 g/mol. The van der Waals surface area contributed by atoms with Crippen LogP contribution in [0.15, 0.2) is 42.5 Å². The highest BCUT2D eigenvalue weighted by Crippen LogP contribution is 2.64. The molecule has 4 unspecified atom stereocenters. The number of sulfonamides is 1. The first-order chi connectivity index (χ1) is 27.5. The number of pyridine rings is 1. The Balaban J connectivity index is 1.40. The molecule has 2 aliphatic carbocycles. The Kier molecular flexibility index (Phi) is 10.5. The largest absolute Gasteiger partial charge is 0.435 e. The Hall–Kier alpha value is -5.23. The second-order valence-electron chi connectivity index (χ2n) is 14.8. The number of benzene rings is 2. The first-order valence-corrected chi connectivity index (χ1v) is 20.1. The van der Waals surface area contributed by atoms with Crippen LogP contribution in [0.4, 0.5) is 36.6 Å². The number of aryl methyl sites for hydroxylation is 1. The zero-order chi connectivity index (χ0) is 43.0. The summed E-state index contributed by atoms with van der Waals surface area (Å²) in [6, 6.07) is 6.87. The molecule has 2 aliphatic rings. The molecule has 2 aromatic carbocycles. The predicted molar refractivity (Wildman–Crippen MR) is 200 cm³/mol. The van der Waals surface area contributed by atoms with Gasteiger partial charge in [0.1, 0.15) is 35.2 Å². The number of halogens is 8. The van der Waals surface area contributed by atoms with E-state index in [-0.39, 0.29) is 62.7 Å². The van der Waals surface area contributed by atoms with Crippen LogP contribution >= 0.6 is 11.6 Å². The third-order valence-corrected chi connectivity index (χ3v) is 11.1. The molecule has 0 spiro atoms. The van der Waals surface area contributed by atoms with Crippen molar-refractivity contribution in [3.63, 3.8) is 0 Å². The molecule has 0 bridgehead atoms. The molecule has 0 radical (unpaired) electrons. The first kappa shape index (κ1) is 41.9. The summed E-state index contributed by atoms with van der Waals surface area (Å²) in [6.45, 7) is -0.671. The highest BCUT2D eigenvalue weighted by molar-refractivity contribution is 7.92. The molecule has 1 amide bonds. The lowest BCUT2D eigenvalue weighted by atomic mass is 9.73. The fourth-order valence-electron chi connectivity index (χ4n) is 7.63. The van der Waals surface area contributed by atoms with Gasteiger partial charge in [-0.1, -0.05) is 23.6 Å². The smallest absolute Gasteiger partial charge is 0.392 e. The van der Waals surface area contributed by atoms with Crippen LogP contribution in [0.3, 0.4) is 0 Å². The van der Waals surface area contributed by atoms with Crippen molar-refractivity contribution in [1.82, 2.24) is 29.9 Å². The molecule has 59 heavy (non-hydrogen) atoms. The standard InChI is InChI=1S/C38H33ClF7N7O5S/c1-36(56,17-54)11-10-21-4-5-22(23-7-9-26(39)30-32(23)52(2)50-35(30)51-59(3,57)58)31(47-21)27(14-18-12-19(40)15-20(41)13-18)48-28(55)16-53-34-29(33(49-53)38(44,45)46)24-6-8-25(24)37(34,42)43/h4-5,7,9,12-13,15,24-25,27,54,56H,6,8,14,16-17H2,1-3H3,(H,48,55)(H,50,51). The van der Waals surface area contributed by atoms with Gasteiger partial charge < -0.3 is 15.5 Å². The van der Waals surface area contributed by atoms with Crippen LogP contribution in [0.2, 0.25) is 5.02 Å². The summed E-state index contributed by atoms with van der Waals surface area (Å²) in [7, 11) is -2.39. The van der Waals surface area contributed by atoms with E-state index in [2.05, 4.69) is 37.1 Å². The number of carbonyl (C=O) groups excluding carboxylic acids is 1. The number of aliphatic hydroxyl groups is 2. The Labute approximate surface area is 336 Å². The summed E-state index contributed by atoms with van der Waals surface area (Å²) >= 11 is 6.56. The number of aromatic nitrogens is 5. The summed E-state index contributed by atoms with van der Waals surface area (Å²) in [5, 5.41) is 30.5. The van der Waals surface area contributed by atoms with Gasteiger partial charge in [-0.2, -0.15) is 32.1 Å². The summed E-state index contributed by atoms with van der Waals surface area (Å²) in [5.74, 6) is -4.39. The number of amides is 1. The lowest BCUT2D eigenvalue weighted by Gasteiger charge is -2.34. The van der Waals surface area contributed by atoms with Crippen molar-refractivity contribution in [2.75, 3.05) is 17.6 Å². The van der Waals surface area contributed by atoms with Crippen molar-refractivity contribution >= 4 is 44.3 Å². The summed E-state index contributed by atoms with van der Waals surface area (Å²) < 4.78 is 131. The minimum Gasteiger partial charge on any atom is -0.392 e. The molecule has 12 nitrogen and oxygen atoms in total. The number of rotatable bonds is 10.